The summed E-state index contributed by atoms with van der Waals surface area (Å²) in [7, 11) is 2.02. The van der Waals surface area contributed by atoms with Gasteiger partial charge in [-0.05, 0) is 17.7 Å². The topological polar surface area (TPSA) is 37.2 Å². The van der Waals surface area contributed by atoms with E-state index in [0.717, 1.165) is 12.1 Å². The van der Waals surface area contributed by atoms with Crippen LogP contribution in [0, 0.1) is 0 Å². The molecule has 0 saturated carbocycles. The quantitative estimate of drug-likeness (QED) is 0.871. The van der Waals surface area contributed by atoms with E-state index in [9.17, 15) is 5.11 Å². The molecule has 0 radical (unpaired) electrons. The van der Waals surface area contributed by atoms with Gasteiger partial charge in [-0.15, -0.1) is 12.4 Å². The zero-order valence-electron chi connectivity index (χ0n) is 10.4. The van der Waals surface area contributed by atoms with Gasteiger partial charge < -0.3 is 15.0 Å². The molecule has 1 unspecified atom stereocenters. The summed E-state index contributed by atoms with van der Waals surface area (Å²) in [5, 5.41) is 13.2. The Kier molecular flexibility index (Phi) is 5.92. The monoisotopic (exact) mass is 266 g/mol. The van der Waals surface area contributed by atoms with Crippen molar-refractivity contribution in [1.29, 1.82) is 0 Å². The summed E-state index contributed by atoms with van der Waals surface area (Å²) < 4.78 is 2.07. The Morgan fingerprint density at radius 3 is 2.50 bits per heavy atom. The normalized spacial score (nSPS) is 11.9. The summed E-state index contributed by atoms with van der Waals surface area (Å²) in [4.78, 5) is 0. The van der Waals surface area contributed by atoms with Crippen molar-refractivity contribution >= 4 is 12.4 Å². The Bertz CT molecular complexity index is 456. The Hall–Kier alpha value is -1.29. The third-order valence-corrected chi connectivity index (χ3v) is 2.88. The SMILES string of the molecule is Cl.Cn1cccc1CNCC(O)c1ccccc1. The molecule has 1 atom stereocenters. The molecule has 0 aliphatic heterocycles. The Balaban J connectivity index is 0.00000162. The first-order valence-corrected chi connectivity index (χ1v) is 5.81. The average molecular weight is 267 g/mol. The largest absolute Gasteiger partial charge is 0.387 e. The second-order valence-electron chi connectivity index (χ2n) is 4.17. The number of hydrogen-bond acceptors (Lipinski definition) is 2. The van der Waals surface area contributed by atoms with E-state index < -0.39 is 6.10 Å². The zero-order chi connectivity index (χ0) is 12.1. The van der Waals surface area contributed by atoms with Gasteiger partial charge in [0.1, 0.15) is 0 Å². The standard InChI is InChI=1S/C14H18N2O.ClH/c1-16-9-5-8-13(16)10-15-11-14(17)12-6-3-2-4-7-12;/h2-9,14-15,17H,10-11H2,1H3;1H. The highest BCUT2D eigenvalue weighted by Crippen LogP contribution is 2.10. The summed E-state index contributed by atoms with van der Waals surface area (Å²) in [6.45, 7) is 1.34. The van der Waals surface area contributed by atoms with Gasteiger partial charge in [-0.25, -0.2) is 0 Å². The van der Waals surface area contributed by atoms with E-state index in [0.29, 0.717) is 6.54 Å². The van der Waals surface area contributed by atoms with Crippen LogP contribution in [-0.2, 0) is 13.6 Å². The third-order valence-electron chi connectivity index (χ3n) is 2.88. The maximum absolute atomic E-state index is 9.95. The average Bonchev–Trinajstić information content (AvgIpc) is 2.76. The lowest BCUT2D eigenvalue weighted by Crippen LogP contribution is -2.22. The van der Waals surface area contributed by atoms with Crippen LogP contribution < -0.4 is 5.32 Å². The Labute approximate surface area is 114 Å². The Morgan fingerprint density at radius 1 is 1.17 bits per heavy atom. The molecule has 0 bridgehead atoms. The van der Waals surface area contributed by atoms with Crippen molar-refractivity contribution < 1.29 is 5.11 Å². The highest BCUT2D eigenvalue weighted by molar-refractivity contribution is 5.85. The van der Waals surface area contributed by atoms with Gasteiger partial charge in [-0.1, -0.05) is 30.3 Å². The van der Waals surface area contributed by atoms with E-state index in [-0.39, 0.29) is 12.4 Å². The molecule has 2 N–H and O–H groups in total. The van der Waals surface area contributed by atoms with Gasteiger partial charge in [0.2, 0.25) is 0 Å². The fourth-order valence-corrected chi connectivity index (χ4v) is 1.81. The number of rotatable bonds is 5. The van der Waals surface area contributed by atoms with Gasteiger partial charge >= 0.3 is 0 Å². The predicted molar refractivity (Wildman–Crippen MR) is 75.8 cm³/mol. The van der Waals surface area contributed by atoms with E-state index in [2.05, 4.69) is 16.0 Å². The summed E-state index contributed by atoms with van der Waals surface area (Å²) in [6.07, 6.45) is 1.57. The van der Waals surface area contributed by atoms with Crippen molar-refractivity contribution in [2.24, 2.45) is 7.05 Å². The maximum atomic E-state index is 9.95. The van der Waals surface area contributed by atoms with Crippen LogP contribution in [-0.4, -0.2) is 16.2 Å². The first kappa shape index (κ1) is 14.8. The van der Waals surface area contributed by atoms with Crippen molar-refractivity contribution in [2.45, 2.75) is 12.6 Å². The van der Waals surface area contributed by atoms with E-state index in [1.165, 1.54) is 5.69 Å². The Morgan fingerprint density at radius 2 is 1.89 bits per heavy atom. The second kappa shape index (κ2) is 7.21. The van der Waals surface area contributed by atoms with Gasteiger partial charge in [-0.2, -0.15) is 0 Å². The van der Waals surface area contributed by atoms with Crippen molar-refractivity contribution in [3.8, 4) is 0 Å². The van der Waals surface area contributed by atoms with Gasteiger partial charge in [0.05, 0.1) is 6.10 Å². The molecule has 0 amide bonds. The van der Waals surface area contributed by atoms with Gasteiger partial charge in [0, 0.05) is 32.0 Å². The molecule has 0 saturated heterocycles. The van der Waals surface area contributed by atoms with Crippen molar-refractivity contribution in [2.75, 3.05) is 6.54 Å². The fraction of sp³-hybridized carbons (Fsp3) is 0.286. The van der Waals surface area contributed by atoms with E-state index in [4.69, 9.17) is 0 Å². The van der Waals surface area contributed by atoms with E-state index in [1.807, 2.05) is 49.6 Å². The van der Waals surface area contributed by atoms with Crippen LogP contribution in [0.3, 0.4) is 0 Å². The van der Waals surface area contributed by atoms with Crippen LogP contribution in [0.1, 0.15) is 17.4 Å². The minimum Gasteiger partial charge on any atom is -0.387 e. The van der Waals surface area contributed by atoms with Crippen molar-refractivity contribution in [1.82, 2.24) is 9.88 Å². The predicted octanol–water partition coefficient (Wildman–Crippen LogP) is 2.27. The minimum atomic E-state index is -0.448. The molecular weight excluding hydrogens is 248 g/mol. The van der Waals surface area contributed by atoms with E-state index >= 15 is 0 Å². The minimum absolute atomic E-state index is 0. The lowest BCUT2D eigenvalue weighted by molar-refractivity contribution is 0.174. The number of aromatic nitrogens is 1. The molecule has 0 aliphatic rings. The number of hydrogen-bond donors (Lipinski definition) is 2. The van der Waals surface area contributed by atoms with Crippen LogP contribution >= 0.6 is 12.4 Å². The first-order chi connectivity index (χ1) is 8.27. The second-order valence-corrected chi connectivity index (χ2v) is 4.17. The summed E-state index contributed by atoms with van der Waals surface area (Å²) in [5.41, 5.74) is 2.16. The molecule has 0 spiro atoms. The van der Waals surface area contributed by atoms with Gasteiger partial charge in [0.25, 0.3) is 0 Å². The fourth-order valence-electron chi connectivity index (χ4n) is 1.81. The molecule has 3 nitrogen and oxygen atoms in total. The summed E-state index contributed by atoms with van der Waals surface area (Å²) in [5.74, 6) is 0. The molecule has 4 heteroatoms. The summed E-state index contributed by atoms with van der Waals surface area (Å²) >= 11 is 0. The molecule has 0 aliphatic carbocycles. The maximum Gasteiger partial charge on any atom is 0.0914 e. The van der Waals surface area contributed by atoms with Crippen LogP contribution in [0.4, 0.5) is 0 Å². The van der Waals surface area contributed by atoms with Crippen molar-refractivity contribution in [3.63, 3.8) is 0 Å². The molecule has 1 heterocycles. The number of aliphatic hydroxyl groups excluding tert-OH is 1. The first-order valence-electron chi connectivity index (χ1n) is 5.81. The lowest BCUT2D eigenvalue weighted by atomic mass is 10.1. The smallest absolute Gasteiger partial charge is 0.0914 e. The molecule has 2 aromatic rings. The van der Waals surface area contributed by atoms with Gasteiger partial charge in [-0.3, -0.25) is 0 Å². The third kappa shape index (κ3) is 3.88. The van der Waals surface area contributed by atoms with Crippen LogP contribution in [0.5, 0.6) is 0 Å². The van der Waals surface area contributed by atoms with Crippen LogP contribution in [0.2, 0.25) is 0 Å². The highest BCUT2D eigenvalue weighted by atomic mass is 35.5. The number of halogens is 1. The van der Waals surface area contributed by atoms with Crippen molar-refractivity contribution in [3.05, 3.63) is 59.9 Å². The lowest BCUT2D eigenvalue weighted by Gasteiger charge is -2.12. The van der Waals surface area contributed by atoms with Crippen LogP contribution in [0.15, 0.2) is 48.7 Å². The highest BCUT2D eigenvalue weighted by Gasteiger charge is 2.06. The van der Waals surface area contributed by atoms with E-state index in [1.54, 1.807) is 0 Å². The molecule has 0 fully saturated rings. The molecule has 1 aromatic heterocycles. The molecular formula is C14H19ClN2O. The van der Waals surface area contributed by atoms with Gasteiger partial charge in [0.15, 0.2) is 0 Å². The molecule has 1 aromatic carbocycles. The van der Waals surface area contributed by atoms with Crippen LogP contribution in [0.25, 0.3) is 0 Å². The number of nitrogens with zero attached hydrogens (tertiary/aromatic N) is 1. The zero-order valence-corrected chi connectivity index (χ0v) is 11.2. The molecule has 98 valence electrons. The number of benzene rings is 1. The number of nitrogens with one attached hydrogen (secondary N) is 1. The summed E-state index contributed by atoms with van der Waals surface area (Å²) in [6, 6.07) is 13.8. The molecule has 2 rings (SSSR count). The number of aryl methyl sites for hydroxylation is 1. The molecule has 18 heavy (non-hydrogen) atoms. The number of aliphatic hydroxyl groups is 1.